The number of piperidine rings is 1. The number of benzene rings is 1. The van der Waals surface area contributed by atoms with E-state index in [4.69, 9.17) is 4.74 Å². The summed E-state index contributed by atoms with van der Waals surface area (Å²) in [5.74, 6) is -1.46. The van der Waals surface area contributed by atoms with Gasteiger partial charge < -0.3 is 14.5 Å². The molecular weight excluding hydrogens is 517 g/mol. The second kappa shape index (κ2) is 10.7. The van der Waals surface area contributed by atoms with Gasteiger partial charge >= 0.3 is 6.18 Å². The maximum Gasteiger partial charge on any atom is 0.433 e. The molecule has 2 aliphatic heterocycles. The van der Waals surface area contributed by atoms with Crippen LogP contribution in [-0.2, 0) is 12.6 Å². The molecule has 0 spiro atoms. The Morgan fingerprint density at radius 2 is 1.77 bits per heavy atom. The number of hydrogen-bond donors (Lipinski definition) is 0. The number of anilines is 1. The lowest BCUT2D eigenvalue weighted by molar-refractivity contribution is -0.142. The third-order valence-corrected chi connectivity index (χ3v) is 7.35. The first-order chi connectivity index (χ1) is 18.5. The Balaban J connectivity index is 1.47. The number of rotatable bonds is 5. The van der Waals surface area contributed by atoms with Crippen LogP contribution in [0.4, 0.5) is 27.6 Å². The van der Waals surface area contributed by atoms with Gasteiger partial charge in [0.05, 0.1) is 24.8 Å². The van der Waals surface area contributed by atoms with Crippen molar-refractivity contribution >= 4 is 5.69 Å². The number of fused-ring (bicyclic) bond motifs is 1. The average Bonchev–Trinajstić information content (AvgIpc) is 2.89. The number of pyridine rings is 1. The molecule has 11 heteroatoms. The number of nitrogens with zero attached hydrogens (tertiary/aromatic N) is 5. The SMILES string of the molecule is CC(C)N1CCOc2c(F)cc(-c3nc(Cc4ccc(C5CCN(C)CC5)c(C(F)(F)F)n4)ncc3F)cc21. The van der Waals surface area contributed by atoms with Crippen LogP contribution in [0.2, 0.25) is 0 Å². The number of aromatic nitrogens is 3. The van der Waals surface area contributed by atoms with Crippen molar-refractivity contribution in [1.82, 2.24) is 19.9 Å². The van der Waals surface area contributed by atoms with Crippen molar-refractivity contribution in [2.24, 2.45) is 0 Å². The average molecular weight is 548 g/mol. The monoisotopic (exact) mass is 547 g/mol. The van der Waals surface area contributed by atoms with Crippen LogP contribution in [0.1, 0.15) is 55.4 Å². The van der Waals surface area contributed by atoms with Crippen LogP contribution in [0.3, 0.4) is 0 Å². The minimum Gasteiger partial charge on any atom is -0.486 e. The predicted molar refractivity (Wildman–Crippen MR) is 137 cm³/mol. The lowest BCUT2D eigenvalue weighted by Gasteiger charge is -2.34. The number of alkyl halides is 3. The second-order valence-corrected chi connectivity index (χ2v) is 10.4. The van der Waals surface area contributed by atoms with E-state index in [9.17, 15) is 22.0 Å². The quantitative estimate of drug-likeness (QED) is 0.374. The van der Waals surface area contributed by atoms with Gasteiger partial charge in [0.1, 0.15) is 23.8 Å². The molecule has 5 rings (SSSR count). The molecule has 0 radical (unpaired) electrons. The Morgan fingerprint density at radius 3 is 2.46 bits per heavy atom. The summed E-state index contributed by atoms with van der Waals surface area (Å²) in [5, 5.41) is 0. The van der Waals surface area contributed by atoms with E-state index in [1.807, 2.05) is 25.8 Å². The molecule has 0 amide bonds. The first kappa shape index (κ1) is 27.2. The highest BCUT2D eigenvalue weighted by atomic mass is 19.4. The summed E-state index contributed by atoms with van der Waals surface area (Å²) in [6.45, 7) is 6.25. The Bertz CT molecular complexity index is 1350. The molecule has 208 valence electrons. The van der Waals surface area contributed by atoms with Crippen LogP contribution < -0.4 is 9.64 Å². The Kier molecular flexibility index (Phi) is 7.45. The molecule has 0 aliphatic carbocycles. The van der Waals surface area contributed by atoms with Crippen molar-refractivity contribution in [2.75, 3.05) is 38.2 Å². The molecule has 0 N–H and O–H groups in total. The fourth-order valence-corrected chi connectivity index (χ4v) is 5.31. The highest BCUT2D eigenvalue weighted by molar-refractivity contribution is 5.72. The van der Waals surface area contributed by atoms with E-state index in [1.54, 1.807) is 12.1 Å². The third kappa shape index (κ3) is 5.68. The molecule has 2 aliphatic rings. The molecule has 1 saturated heterocycles. The van der Waals surface area contributed by atoms with E-state index >= 15 is 0 Å². The van der Waals surface area contributed by atoms with Crippen molar-refractivity contribution in [3.63, 3.8) is 0 Å². The highest BCUT2D eigenvalue weighted by Gasteiger charge is 2.38. The molecule has 1 fully saturated rings. The minimum absolute atomic E-state index is 0.0551. The summed E-state index contributed by atoms with van der Waals surface area (Å²) < 4.78 is 77.3. The first-order valence-electron chi connectivity index (χ1n) is 13.0. The lowest BCUT2D eigenvalue weighted by atomic mass is 9.88. The summed E-state index contributed by atoms with van der Waals surface area (Å²) in [4.78, 5) is 16.3. The van der Waals surface area contributed by atoms with Crippen LogP contribution in [0.15, 0.2) is 30.5 Å². The zero-order valence-electron chi connectivity index (χ0n) is 22.0. The molecule has 0 saturated carbocycles. The maximum absolute atomic E-state index is 15.0. The maximum atomic E-state index is 15.0. The minimum atomic E-state index is -4.62. The van der Waals surface area contributed by atoms with Crippen molar-refractivity contribution in [3.8, 4) is 17.0 Å². The fraction of sp³-hybridized carbons (Fsp3) is 0.464. The smallest absolute Gasteiger partial charge is 0.433 e. The van der Waals surface area contributed by atoms with Crippen LogP contribution in [0, 0.1) is 11.6 Å². The van der Waals surface area contributed by atoms with E-state index in [0.717, 1.165) is 25.4 Å². The number of likely N-dealkylation sites (tertiary alicyclic amines) is 1. The topological polar surface area (TPSA) is 54.4 Å². The number of hydrogen-bond acceptors (Lipinski definition) is 6. The van der Waals surface area contributed by atoms with E-state index < -0.39 is 23.5 Å². The van der Waals surface area contributed by atoms with E-state index in [0.29, 0.717) is 31.7 Å². The second-order valence-electron chi connectivity index (χ2n) is 10.4. The van der Waals surface area contributed by atoms with Crippen LogP contribution in [0.5, 0.6) is 5.75 Å². The summed E-state index contributed by atoms with van der Waals surface area (Å²) in [6.07, 6.45) is -2.56. The summed E-state index contributed by atoms with van der Waals surface area (Å²) in [7, 11) is 1.95. The Labute approximate surface area is 223 Å². The zero-order valence-corrected chi connectivity index (χ0v) is 22.0. The van der Waals surface area contributed by atoms with Crippen molar-refractivity contribution in [1.29, 1.82) is 0 Å². The molecule has 39 heavy (non-hydrogen) atoms. The van der Waals surface area contributed by atoms with Gasteiger partial charge in [-0.25, -0.2) is 23.7 Å². The van der Waals surface area contributed by atoms with Gasteiger partial charge in [0.25, 0.3) is 0 Å². The largest absolute Gasteiger partial charge is 0.486 e. The van der Waals surface area contributed by atoms with Gasteiger partial charge in [0.15, 0.2) is 17.4 Å². The Morgan fingerprint density at radius 1 is 1.03 bits per heavy atom. The van der Waals surface area contributed by atoms with Gasteiger partial charge in [-0.15, -0.1) is 0 Å². The zero-order chi connectivity index (χ0) is 27.9. The molecule has 3 aromatic rings. The molecule has 4 heterocycles. The molecule has 0 unspecified atom stereocenters. The summed E-state index contributed by atoms with van der Waals surface area (Å²) in [5.41, 5.74) is -0.0524. The number of halogens is 5. The molecular formula is C28H30F5N5O. The normalized spacial score (nSPS) is 16.9. The van der Waals surface area contributed by atoms with Gasteiger partial charge in [-0.3, -0.25) is 0 Å². The van der Waals surface area contributed by atoms with Crippen molar-refractivity contribution in [2.45, 2.75) is 51.2 Å². The van der Waals surface area contributed by atoms with Crippen LogP contribution in [0.25, 0.3) is 11.3 Å². The van der Waals surface area contributed by atoms with Gasteiger partial charge in [-0.1, -0.05) is 6.07 Å². The van der Waals surface area contributed by atoms with E-state index in [-0.39, 0.29) is 52.5 Å². The summed E-state index contributed by atoms with van der Waals surface area (Å²) >= 11 is 0. The third-order valence-electron chi connectivity index (χ3n) is 7.35. The number of ether oxygens (including phenoxy) is 1. The molecule has 6 nitrogen and oxygen atoms in total. The van der Waals surface area contributed by atoms with Gasteiger partial charge in [-0.2, -0.15) is 13.2 Å². The van der Waals surface area contributed by atoms with Crippen molar-refractivity contribution in [3.05, 3.63) is 64.9 Å². The van der Waals surface area contributed by atoms with Crippen LogP contribution >= 0.6 is 0 Å². The molecule has 0 bridgehead atoms. The van der Waals surface area contributed by atoms with Gasteiger partial charge in [0, 0.05) is 17.3 Å². The molecule has 2 aromatic heterocycles. The predicted octanol–water partition coefficient (Wildman–Crippen LogP) is 5.84. The summed E-state index contributed by atoms with van der Waals surface area (Å²) in [6, 6.07) is 5.85. The van der Waals surface area contributed by atoms with Gasteiger partial charge in [-0.05, 0) is 76.5 Å². The lowest BCUT2D eigenvalue weighted by Crippen LogP contribution is -2.38. The van der Waals surface area contributed by atoms with E-state index in [2.05, 4.69) is 19.9 Å². The fourth-order valence-electron chi connectivity index (χ4n) is 5.31. The molecule has 0 atom stereocenters. The van der Waals surface area contributed by atoms with Gasteiger partial charge in [0.2, 0.25) is 0 Å². The van der Waals surface area contributed by atoms with E-state index in [1.165, 1.54) is 6.07 Å². The standard InChI is InChI=1S/C28H30F5N5O/c1-16(2)38-10-11-39-26-21(29)12-18(13-23(26)38)25-22(30)15-34-24(36-25)14-19-4-5-20(27(35-19)28(31,32)33)17-6-8-37(3)9-7-17/h4-5,12-13,15-17H,6-11,14H2,1-3H3. The van der Waals surface area contributed by atoms with Crippen LogP contribution in [-0.4, -0.2) is 59.2 Å². The Hall–Kier alpha value is -3.34. The van der Waals surface area contributed by atoms with Crippen molar-refractivity contribution < 1.29 is 26.7 Å². The molecule has 1 aromatic carbocycles. The first-order valence-corrected chi connectivity index (χ1v) is 13.0. The highest BCUT2D eigenvalue weighted by Crippen LogP contribution is 2.40.